The molecule has 4 nitrogen and oxygen atoms in total. The quantitative estimate of drug-likeness (QED) is 0.940. The number of methoxy groups -OCH3 is 2. The average Bonchev–Trinajstić information content (AvgIpc) is 2.97. The predicted molar refractivity (Wildman–Crippen MR) is 85.4 cm³/mol. The van der Waals surface area contributed by atoms with Crippen molar-refractivity contribution in [1.29, 1.82) is 0 Å². The van der Waals surface area contributed by atoms with Crippen LogP contribution in [0.4, 0.5) is 0 Å². The fourth-order valence-corrected chi connectivity index (χ4v) is 4.14. The molecule has 1 heterocycles. The number of nitrogens with one attached hydrogen (secondary N) is 1. The van der Waals surface area contributed by atoms with E-state index in [9.17, 15) is 0 Å². The fourth-order valence-electron chi connectivity index (χ4n) is 2.87. The van der Waals surface area contributed by atoms with Crippen molar-refractivity contribution < 1.29 is 9.47 Å². The minimum atomic E-state index is 0.427. The van der Waals surface area contributed by atoms with Crippen LogP contribution in [0.5, 0.6) is 11.5 Å². The third kappa shape index (κ3) is 2.51. The van der Waals surface area contributed by atoms with Crippen molar-refractivity contribution in [3.63, 3.8) is 0 Å². The van der Waals surface area contributed by atoms with Crippen molar-refractivity contribution in [2.45, 2.75) is 25.3 Å². The van der Waals surface area contributed by atoms with Gasteiger partial charge in [-0.2, -0.15) is 0 Å². The van der Waals surface area contributed by atoms with Crippen molar-refractivity contribution in [1.82, 2.24) is 10.3 Å². The van der Waals surface area contributed by atoms with Crippen LogP contribution < -0.4 is 14.8 Å². The van der Waals surface area contributed by atoms with E-state index in [4.69, 9.17) is 14.5 Å². The largest absolute Gasteiger partial charge is 0.493 e. The lowest BCUT2D eigenvalue weighted by Crippen LogP contribution is -2.19. The van der Waals surface area contributed by atoms with Gasteiger partial charge in [-0.15, -0.1) is 11.3 Å². The Kier molecular flexibility index (Phi) is 4.12. The number of aryl methyl sites for hydroxylation is 1. The normalized spacial score (nSPS) is 17.4. The Labute approximate surface area is 129 Å². The highest BCUT2D eigenvalue weighted by atomic mass is 32.1. The second kappa shape index (κ2) is 6.03. The molecule has 1 aromatic heterocycles. The first kappa shape index (κ1) is 14.4. The summed E-state index contributed by atoms with van der Waals surface area (Å²) in [6.07, 6.45) is 3.44. The molecule has 21 heavy (non-hydrogen) atoms. The molecular formula is C16H20N2O2S. The Morgan fingerprint density at radius 3 is 2.86 bits per heavy atom. The number of hydrogen-bond donors (Lipinski definition) is 1. The lowest BCUT2D eigenvalue weighted by atomic mass is 9.98. The molecule has 1 aliphatic carbocycles. The molecule has 1 aromatic carbocycles. The Morgan fingerprint density at radius 1 is 1.29 bits per heavy atom. The maximum atomic E-state index is 5.53. The number of para-hydroxylation sites is 1. The highest BCUT2D eigenvalue weighted by Gasteiger charge is 2.25. The predicted octanol–water partition coefficient (Wildman–Crippen LogP) is 3.42. The van der Waals surface area contributed by atoms with E-state index in [0.29, 0.717) is 6.04 Å². The van der Waals surface area contributed by atoms with Gasteiger partial charge >= 0.3 is 0 Å². The Morgan fingerprint density at radius 2 is 2.14 bits per heavy atom. The van der Waals surface area contributed by atoms with E-state index >= 15 is 0 Å². The molecule has 1 unspecified atom stereocenters. The number of fused-ring (bicyclic) bond motifs is 1. The van der Waals surface area contributed by atoms with Crippen molar-refractivity contribution in [2.75, 3.05) is 21.3 Å². The summed E-state index contributed by atoms with van der Waals surface area (Å²) in [6.45, 7) is 0. The third-order valence-corrected chi connectivity index (χ3v) is 5.18. The van der Waals surface area contributed by atoms with E-state index in [-0.39, 0.29) is 0 Å². The van der Waals surface area contributed by atoms with Crippen LogP contribution in [0.15, 0.2) is 18.2 Å². The van der Waals surface area contributed by atoms with Crippen LogP contribution in [0.1, 0.15) is 29.5 Å². The zero-order chi connectivity index (χ0) is 14.8. The summed E-state index contributed by atoms with van der Waals surface area (Å²) in [4.78, 5) is 6.21. The van der Waals surface area contributed by atoms with E-state index in [2.05, 4.69) is 5.32 Å². The standard InChI is InChI=1S/C16H20N2O2S/c1-17-11-7-5-8-12-15(11)21-16(18-12)10-6-4-9-13(19-2)14(10)20-3/h4,6,9,11,17H,5,7-8H2,1-3H3. The molecule has 0 saturated heterocycles. The third-order valence-electron chi connectivity index (χ3n) is 3.93. The first-order chi connectivity index (χ1) is 10.3. The van der Waals surface area contributed by atoms with Crippen LogP contribution in [-0.2, 0) is 6.42 Å². The smallest absolute Gasteiger partial charge is 0.170 e. The molecule has 5 heteroatoms. The molecule has 0 aliphatic heterocycles. The highest BCUT2D eigenvalue weighted by molar-refractivity contribution is 7.15. The van der Waals surface area contributed by atoms with Crippen LogP contribution in [-0.4, -0.2) is 26.3 Å². The van der Waals surface area contributed by atoms with E-state index < -0.39 is 0 Å². The van der Waals surface area contributed by atoms with Crippen molar-refractivity contribution >= 4 is 11.3 Å². The molecule has 0 amide bonds. The summed E-state index contributed by atoms with van der Waals surface area (Å²) in [5.41, 5.74) is 2.23. The van der Waals surface area contributed by atoms with E-state index in [1.54, 1.807) is 25.6 Å². The van der Waals surface area contributed by atoms with Gasteiger partial charge in [-0.25, -0.2) is 4.98 Å². The van der Waals surface area contributed by atoms with Crippen molar-refractivity contribution in [3.05, 3.63) is 28.8 Å². The van der Waals surface area contributed by atoms with Gasteiger partial charge in [0.1, 0.15) is 5.01 Å². The summed E-state index contributed by atoms with van der Waals surface area (Å²) in [5.74, 6) is 1.50. The van der Waals surface area contributed by atoms with E-state index in [1.807, 2.05) is 25.2 Å². The van der Waals surface area contributed by atoms with Gasteiger partial charge in [0.25, 0.3) is 0 Å². The lowest BCUT2D eigenvalue weighted by Gasteiger charge is -2.19. The topological polar surface area (TPSA) is 43.4 Å². The molecule has 1 aliphatic rings. The molecule has 0 fully saturated rings. The first-order valence-electron chi connectivity index (χ1n) is 7.16. The molecule has 2 aromatic rings. The fraction of sp³-hybridized carbons (Fsp3) is 0.438. The van der Waals surface area contributed by atoms with Gasteiger partial charge in [-0.3, -0.25) is 0 Å². The molecule has 0 spiro atoms. The van der Waals surface area contributed by atoms with Gasteiger partial charge < -0.3 is 14.8 Å². The first-order valence-corrected chi connectivity index (χ1v) is 7.98. The molecule has 1 atom stereocenters. The second-order valence-corrected chi connectivity index (χ2v) is 6.14. The lowest BCUT2D eigenvalue weighted by molar-refractivity contribution is 0.356. The average molecular weight is 304 g/mol. The van der Waals surface area contributed by atoms with Crippen LogP contribution in [0.3, 0.4) is 0 Å². The number of benzene rings is 1. The minimum Gasteiger partial charge on any atom is -0.493 e. The van der Waals surface area contributed by atoms with Crippen LogP contribution in [0.2, 0.25) is 0 Å². The molecule has 1 N–H and O–H groups in total. The second-order valence-electron chi connectivity index (χ2n) is 5.10. The highest BCUT2D eigenvalue weighted by Crippen LogP contribution is 2.43. The van der Waals surface area contributed by atoms with Crippen LogP contribution in [0.25, 0.3) is 10.6 Å². The molecule has 0 bridgehead atoms. The van der Waals surface area contributed by atoms with Gasteiger partial charge in [0.2, 0.25) is 0 Å². The van der Waals surface area contributed by atoms with Crippen molar-refractivity contribution in [2.24, 2.45) is 0 Å². The van der Waals surface area contributed by atoms with Gasteiger partial charge in [-0.1, -0.05) is 6.07 Å². The summed E-state index contributed by atoms with van der Waals surface area (Å²) >= 11 is 1.76. The van der Waals surface area contributed by atoms with Crippen LogP contribution >= 0.6 is 11.3 Å². The number of hydrogen-bond acceptors (Lipinski definition) is 5. The Balaban J connectivity index is 2.08. The summed E-state index contributed by atoms with van der Waals surface area (Å²) in [6, 6.07) is 6.36. The summed E-state index contributed by atoms with van der Waals surface area (Å²) < 4.78 is 10.9. The van der Waals surface area contributed by atoms with Gasteiger partial charge in [-0.05, 0) is 38.4 Å². The zero-order valence-electron chi connectivity index (χ0n) is 12.6. The monoisotopic (exact) mass is 304 g/mol. The number of nitrogens with zero attached hydrogens (tertiary/aromatic N) is 1. The number of aromatic nitrogens is 1. The summed E-state index contributed by atoms with van der Waals surface area (Å²) in [5, 5.41) is 4.40. The number of thiazole rings is 1. The van der Waals surface area contributed by atoms with Gasteiger partial charge in [0.05, 0.1) is 25.5 Å². The molecule has 0 saturated carbocycles. The van der Waals surface area contributed by atoms with Gasteiger partial charge in [0, 0.05) is 10.9 Å². The Bertz CT molecular complexity index is 639. The van der Waals surface area contributed by atoms with E-state index in [0.717, 1.165) is 28.5 Å². The minimum absolute atomic E-state index is 0.427. The molecule has 0 radical (unpaired) electrons. The Hall–Kier alpha value is -1.59. The SMILES string of the molecule is CNC1CCCc2nc(-c3cccc(OC)c3OC)sc21. The van der Waals surface area contributed by atoms with E-state index in [1.165, 1.54) is 23.4 Å². The van der Waals surface area contributed by atoms with Crippen molar-refractivity contribution in [3.8, 4) is 22.1 Å². The zero-order valence-corrected chi connectivity index (χ0v) is 13.4. The maximum Gasteiger partial charge on any atom is 0.170 e. The van der Waals surface area contributed by atoms with Crippen LogP contribution in [0, 0.1) is 0 Å². The number of ether oxygens (including phenoxy) is 2. The molecular weight excluding hydrogens is 284 g/mol. The maximum absolute atomic E-state index is 5.53. The molecule has 112 valence electrons. The summed E-state index contributed by atoms with van der Waals surface area (Å²) in [7, 11) is 5.35. The van der Waals surface area contributed by atoms with Gasteiger partial charge in [0.15, 0.2) is 11.5 Å². The number of rotatable bonds is 4. The molecule has 3 rings (SSSR count).